The lowest BCUT2D eigenvalue weighted by Gasteiger charge is -2.04. The van der Waals surface area contributed by atoms with Gasteiger partial charge in [-0.2, -0.15) is 5.10 Å². The number of benzene rings is 1. The van der Waals surface area contributed by atoms with Crippen LogP contribution in [0.25, 0.3) is 10.6 Å². The van der Waals surface area contributed by atoms with Gasteiger partial charge in [-0.05, 0) is 56.0 Å². The van der Waals surface area contributed by atoms with Gasteiger partial charge in [0.2, 0.25) is 4.80 Å². The quantitative estimate of drug-likeness (QED) is 0.524. The first kappa shape index (κ1) is 17.6. The summed E-state index contributed by atoms with van der Waals surface area (Å²) in [5, 5.41) is 8.97. The van der Waals surface area contributed by atoms with E-state index in [0.29, 0.717) is 6.61 Å². The van der Waals surface area contributed by atoms with Crippen LogP contribution in [-0.4, -0.2) is 17.0 Å². The molecule has 0 aliphatic rings. The minimum Gasteiger partial charge on any atom is -0.494 e. The highest BCUT2D eigenvalue weighted by Crippen LogP contribution is 2.26. The standard InChI is InChI=1S/C19H21N3OS2/c1-4-14(3)21-22-17(18-7-6-12-24-18)13-25-19(22)20-15-8-10-16(11-9-15)23-5-2/h6-13H,4-5H2,1-3H3. The molecule has 0 aliphatic heterocycles. The van der Waals surface area contributed by atoms with Crippen LogP contribution < -0.4 is 9.54 Å². The van der Waals surface area contributed by atoms with E-state index in [4.69, 9.17) is 14.8 Å². The molecule has 0 saturated heterocycles. The van der Waals surface area contributed by atoms with Gasteiger partial charge in [-0.1, -0.05) is 13.0 Å². The second kappa shape index (κ2) is 8.27. The van der Waals surface area contributed by atoms with Gasteiger partial charge in [0.05, 0.1) is 22.9 Å². The average molecular weight is 372 g/mol. The van der Waals surface area contributed by atoms with Crippen LogP contribution in [0, 0.1) is 0 Å². The Morgan fingerprint density at radius 2 is 1.92 bits per heavy atom. The van der Waals surface area contributed by atoms with E-state index < -0.39 is 0 Å². The summed E-state index contributed by atoms with van der Waals surface area (Å²) >= 11 is 3.31. The van der Waals surface area contributed by atoms with Gasteiger partial charge in [-0.25, -0.2) is 9.67 Å². The molecule has 0 aliphatic carbocycles. The van der Waals surface area contributed by atoms with E-state index in [9.17, 15) is 0 Å². The smallest absolute Gasteiger partial charge is 0.211 e. The van der Waals surface area contributed by atoms with Crippen molar-refractivity contribution in [2.24, 2.45) is 10.1 Å². The fraction of sp³-hybridized carbons (Fsp3) is 0.263. The maximum atomic E-state index is 5.49. The topological polar surface area (TPSA) is 38.9 Å². The first-order chi connectivity index (χ1) is 12.2. The number of thiazole rings is 1. The minimum absolute atomic E-state index is 0.663. The number of thiophene rings is 1. The van der Waals surface area contributed by atoms with Crippen LogP contribution in [0.1, 0.15) is 27.2 Å². The summed E-state index contributed by atoms with van der Waals surface area (Å²) in [7, 11) is 0. The van der Waals surface area contributed by atoms with Gasteiger partial charge in [0, 0.05) is 11.1 Å². The van der Waals surface area contributed by atoms with Crippen molar-refractivity contribution >= 4 is 34.1 Å². The third-order valence-electron chi connectivity index (χ3n) is 3.61. The molecule has 3 rings (SSSR count). The molecule has 3 aromatic rings. The Morgan fingerprint density at radius 1 is 1.12 bits per heavy atom. The van der Waals surface area contributed by atoms with Crippen LogP contribution in [-0.2, 0) is 0 Å². The Bertz CT molecular complexity index is 903. The highest BCUT2D eigenvalue weighted by Gasteiger charge is 2.09. The molecule has 0 radical (unpaired) electrons. The van der Waals surface area contributed by atoms with Crippen molar-refractivity contribution < 1.29 is 4.74 Å². The third-order valence-corrected chi connectivity index (χ3v) is 5.32. The molecule has 6 heteroatoms. The molecule has 2 aromatic heterocycles. The molecule has 0 amide bonds. The zero-order chi connectivity index (χ0) is 17.6. The van der Waals surface area contributed by atoms with Crippen LogP contribution in [0.4, 0.5) is 5.69 Å². The monoisotopic (exact) mass is 371 g/mol. The van der Waals surface area contributed by atoms with Crippen molar-refractivity contribution in [2.75, 3.05) is 6.61 Å². The molecule has 1 aromatic carbocycles. The van der Waals surface area contributed by atoms with Crippen LogP contribution in [0.15, 0.2) is 57.3 Å². The normalized spacial score (nSPS) is 12.6. The molecule has 0 spiro atoms. The summed E-state index contributed by atoms with van der Waals surface area (Å²) in [5.74, 6) is 0.861. The van der Waals surface area contributed by atoms with Gasteiger partial charge in [-0.3, -0.25) is 0 Å². The van der Waals surface area contributed by atoms with Gasteiger partial charge in [0.15, 0.2) is 0 Å². The number of nitrogens with zero attached hydrogens (tertiary/aromatic N) is 3. The van der Waals surface area contributed by atoms with E-state index >= 15 is 0 Å². The van der Waals surface area contributed by atoms with E-state index in [0.717, 1.165) is 34.1 Å². The predicted molar refractivity (Wildman–Crippen MR) is 107 cm³/mol. The van der Waals surface area contributed by atoms with Crippen molar-refractivity contribution in [3.05, 3.63) is 52.0 Å². The predicted octanol–water partition coefficient (Wildman–Crippen LogP) is 5.54. The summed E-state index contributed by atoms with van der Waals surface area (Å²) in [5.41, 5.74) is 3.04. The van der Waals surface area contributed by atoms with E-state index in [-0.39, 0.29) is 0 Å². The van der Waals surface area contributed by atoms with E-state index in [1.165, 1.54) is 4.88 Å². The third kappa shape index (κ3) is 4.27. The maximum Gasteiger partial charge on any atom is 0.211 e. The Kier molecular flexibility index (Phi) is 5.83. The lowest BCUT2D eigenvalue weighted by molar-refractivity contribution is 0.340. The highest BCUT2D eigenvalue weighted by atomic mass is 32.1. The first-order valence-corrected chi connectivity index (χ1v) is 10.0. The van der Waals surface area contributed by atoms with Gasteiger partial charge in [0.25, 0.3) is 0 Å². The summed E-state index contributed by atoms with van der Waals surface area (Å²) < 4.78 is 7.44. The van der Waals surface area contributed by atoms with Gasteiger partial charge in [0.1, 0.15) is 5.75 Å². The van der Waals surface area contributed by atoms with E-state index in [1.807, 2.05) is 42.8 Å². The lowest BCUT2D eigenvalue weighted by atomic mass is 10.3. The van der Waals surface area contributed by atoms with Crippen molar-refractivity contribution in [3.63, 3.8) is 0 Å². The minimum atomic E-state index is 0.663. The zero-order valence-electron chi connectivity index (χ0n) is 14.6. The SMILES string of the molecule is CCOc1ccc(N=c2scc(-c3cccs3)n2N=C(C)CC)cc1. The van der Waals surface area contributed by atoms with Crippen LogP contribution in [0.5, 0.6) is 5.75 Å². The van der Waals surface area contributed by atoms with Gasteiger partial charge in [-0.15, -0.1) is 22.7 Å². The fourth-order valence-electron chi connectivity index (χ4n) is 2.20. The van der Waals surface area contributed by atoms with Crippen molar-refractivity contribution in [2.45, 2.75) is 27.2 Å². The molecule has 4 nitrogen and oxygen atoms in total. The Labute approximate surface area is 155 Å². The zero-order valence-corrected chi connectivity index (χ0v) is 16.2. The molecule has 0 unspecified atom stereocenters. The molecule has 0 N–H and O–H groups in total. The molecular weight excluding hydrogens is 350 g/mol. The summed E-state index contributed by atoms with van der Waals surface area (Å²) in [6.45, 7) is 6.80. The molecule has 2 heterocycles. The number of hydrogen-bond donors (Lipinski definition) is 0. The van der Waals surface area contributed by atoms with E-state index in [1.54, 1.807) is 22.7 Å². The Hall–Kier alpha value is -2.18. The summed E-state index contributed by atoms with van der Waals surface area (Å²) in [6.07, 6.45) is 0.912. The number of hydrogen-bond acceptors (Lipinski definition) is 5. The summed E-state index contributed by atoms with van der Waals surface area (Å²) in [6, 6.07) is 12.0. The molecule has 0 bridgehead atoms. The molecule has 0 atom stereocenters. The van der Waals surface area contributed by atoms with E-state index in [2.05, 4.69) is 29.8 Å². The second-order valence-electron chi connectivity index (χ2n) is 5.42. The summed E-state index contributed by atoms with van der Waals surface area (Å²) in [4.78, 5) is 6.84. The Balaban J connectivity index is 2.06. The maximum absolute atomic E-state index is 5.49. The van der Waals surface area contributed by atoms with Gasteiger partial charge >= 0.3 is 0 Å². The van der Waals surface area contributed by atoms with Crippen LogP contribution >= 0.6 is 22.7 Å². The Morgan fingerprint density at radius 3 is 2.56 bits per heavy atom. The average Bonchev–Trinajstić information content (AvgIpc) is 3.27. The number of ether oxygens (including phenoxy) is 1. The molecular formula is C19H21N3OS2. The molecule has 0 saturated carbocycles. The van der Waals surface area contributed by atoms with Crippen molar-refractivity contribution in [3.8, 4) is 16.3 Å². The molecule has 25 heavy (non-hydrogen) atoms. The molecule has 0 fully saturated rings. The lowest BCUT2D eigenvalue weighted by Crippen LogP contribution is -2.12. The number of rotatable bonds is 6. The fourth-order valence-corrected chi connectivity index (χ4v) is 3.85. The van der Waals surface area contributed by atoms with Crippen molar-refractivity contribution in [1.82, 2.24) is 4.68 Å². The molecule has 130 valence electrons. The van der Waals surface area contributed by atoms with Crippen molar-refractivity contribution in [1.29, 1.82) is 0 Å². The largest absolute Gasteiger partial charge is 0.494 e. The van der Waals surface area contributed by atoms with Gasteiger partial charge < -0.3 is 4.74 Å². The highest BCUT2D eigenvalue weighted by molar-refractivity contribution is 7.14. The first-order valence-electron chi connectivity index (χ1n) is 8.27. The second-order valence-corrected chi connectivity index (χ2v) is 7.20. The van der Waals surface area contributed by atoms with Crippen LogP contribution in [0.2, 0.25) is 0 Å². The van der Waals surface area contributed by atoms with Crippen LogP contribution in [0.3, 0.4) is 0 Å². The number of aromatic nitrogens is 1.